The van der Waals surface area contributed by atoms with Gasteiger partial charge >= 0.3 is 0 Å². The number of carbonyl (C=O) groups is 1. The molecule has 0 aliphatic heterocycles. The van der Waals surface area contributed by atoms with E-state index in [0.29, 0.717) is 12.1 Å². The summed E-state index contributed by atoms with van der Waals surface area (Å²) in [7, 11) is 0. The molecule has 0 aliphatic rings. The zero-order chi connectivity index (χ0) is 12.8. The largest absolute Gasteiger partial charge is 0.349 e. The van der Waals surface area contributed by atoms with E-state index >= 15 is 0 Å². The molecule has 4 heteroatoms. The summed E-state index contributed by atoms with van der Waals surface area (Å²) in [5.74, 6) is -0.236. The Kier molecular flexibility index (Phi) is 4.68. The molecule has 0 aromatic heterocycles. The summed E-state index contributed by atoms with van der Waals surface area (Å²) in [4.78, 5) is 11.6. The highest BCUT2D eigenvalue weighted by Gasteiger charge is 2.14. The highest BCUT2D eigenvalue weighted by Crippen LogP contribution is 2.13. The van der Waals surface area contributed by atoms with Crippen LogP contribution in [0.3, 0.4) is 0 Å². The lowest BCUT2D eigenvalue weighted by Crippen LogP contribution is -2.34. The molecule has 4 nitrogen and oxygen atoms in total. The van der Waals surface area contributed by atoms with Crippen molar-refractivity contribution in [2.75, 3.05) is 6.54 Å². The van der Waals surface area contributed by atoms with Crippen LogP contribution in [0.15, 0.2) is 24.3 Å². The number of nitrogens with zero attached hydrogens (tertiary/aromatic N) is 1. The molecule has 1 rings (SSSR count). The lowest BCUT2D eigenvalue weighted by molar-refractivity contribution is -0.124. The molecular formula is C13H17N3O. The Morgan fingerprint density at radius 3 is 2.47 bits per heavy atom. The average molecular weight is 231 g/mol. The number of carbonyl (C=O) groups excluding carboxylic acids is 1. The van der Waals surface area contributed by atoms with Crippen LogP contribution in [0.4, 0.5) is 0 Å². The number of rotatable bonds is 4. The topological polar surface area (TPSA) is 78.9 Å². The lowest BCUT2D eigenvalue weighted by Gasteiger charge is -2.17. The monoisotopic (exact) mass is 231 g/mol. The fourth-order valence-electron chi connectivity index (χ4n) is 1.39. The standard InChI is InChI=1S/C13H17N3O/c1-9(7-14)13(17)16-10(2)12-5-3-11(8-15)4-6-12/h3-6,9-10H,7,14H2,1-2H3,(H,16,17). The quantitative estimate of drug-likeness (QED) is 0.820. The molecule has 1 aromatic carbocycles. The first-order valence-corrected chi connectivity index (χ1v) is 5.59. The Morgan fingerprint density at radius 1 is 1.41 bits per heavy atom. The van der Waals surface area contributed by atoms with Crippen molar-refractivity contribution in [3.63, 3.8) is 0 Å². The minimum Gasteiger partial charge on any atom is -0.349 e. The smallest absolute Gasteiger partial charge is 0.224 e. The molecule has 17 heavy (non-hydrogen) atoms. The predicted molar refractivity (Wildman–Crippen MR) is 65.9 cm³/mol. The van der Waals surface area contributed by atoms with Crippen molar-refractivity contribution in [1.82, 2.24) is 5.32 Å². The Hall–Kier alpha value is -1.86. The first-order chi connectivity index (χ1) is 8.08. The average Bonchev–Trinajstić information content (AvgIpc) is 2.37. The van der Waals surface area contributed by atoms with Crippen LogP contribution in [0.5, 0.6) is 0 Å². The van der Waals surface area contributed by atoms with Gasteiger partial charge in [0.2, 0.25) is 5.91 Å². The maximum absolute atomic E-state index is 11.6. The van der Waals surface area contributed by atoms with E-state index in [1.807, 2.05) is 19.1 Å². The zero-order valence-electron chi connectivity index (χ0n) is 10.1. The van der Waals surface area contributed by atoms with E-state index in [9.17, 15) is 4.79 Å². The van der Waals surface area contributed by atoms with Crippen LogP contribution in [0, 0.1) is 17.2 Å². The Morgan fingerprint density at radius 2 is 2.00 bits per heavy atom. The Balaban J connectivity index is 2.67. The normalized spacial score (nSPS) is 13.5. The van der Waals surface area contributed by atoms with Crippen molar-refractivity contribution in [3.05, 3.63) is 35.4 Å². The van der Waals surface area contributed by atoms with Crippen LogP contribution >= 0.6 is 0 Å². The van der Waals surface area contributed by atoms with Crippen LogP contribution in [-0.2, 0) is 4.79 Å². The summed E-state index contributed by atoms with van der Waals surface area (Å²) >= 11 is 0. The van der Waals surface area contributed by atoms with E-state index in [1.54, 1.807) is 19.1 Å². The first-order valence-electron chi connectivity index (χ1n) is 5.59. The second-order valence-corrected chi connectivity index (χ2v) is 4.10. The van der Waals surface area contributed by atoms with Gasteiger partial charge in [-0.2, -0.15) is 5.26 Å². The van der Waals surface area contributed by atoms with Gasteiger partial charge in [-0.05, 0) is 24.6 Å². The maximum atomic E-state index is 11.6. The summed E-state index contributed by atoms with van der Waals surface area (Å²) in [6.45, 7) is 4.04. The SMILES string of the molecule is CC(CN)C(=O)NC(C)c1ccc(C#N)cc1. The van der Waals surface area contributed by atoms with E-state index in [2.05, 4.69) is 11.4 Å². The van der Waals surface area contributed by atoms with Crippen molar-refractivity contribution in [2.45, 2.75) is 19.9 Å². The Bertz CT molecular complexity index is 419. The van der Waals surface area contributed by atoms with Crippen molar-refractivity contribution >= 4 is 5.91 Å². The number of nitrogens with two attached hydrogens (primary N) is 1. The zero-order valence-corrected chi connectivity index (χ0v) is 10.1. The van der Waals surface area contributed by atoms with Crippen LogP contribution in [0.1, 0.15) is 31.0 Å². The fourth-order valence-corrected chi connectivity index (χ4v) is 1.39. The summed E-state index contributed by atoms with van der Waals surface area (Å²) in [5, 5.41) is 11.6. The third-order valence-corrected chi connectivity index (χ3v) is 2.70. The molecule has 1 amide bonds. The first kappa shape index (κ1) is 13.2. The van der Waals surface area contributed by atoms with Crippen LogP contribution in [0.2, 0.25) is 0 Å². The van der Waals surface area contributed by atoms with E-state index in [1.165, 1.54) is 0 Å². The number of nitrogens with one attached hydrogen (secondary N) is 1. The summed E-state index contributed by atoms with van der Waals surface area (Å²) < 4.78 is 0. The van der Waals surface area contributed by atoms with Crippen molar-refractivity contribution in [2.24, 2.45) is 11.7 Å². The van der Waals surface area contributed by atoms with Crippen molar-refractivity contribution in [3.8, 4) is 6.07 Å². The van der Waals surface area contributed by atoms with E-state index in [0.717, 1.165) is 5.56 Å². The van der Waals surface area contributed by atoms with Gasteiger partial charge in [-0.1, -0.05) is 19.1 Å². The molecule has 3 N–H and O–H groups in total. The van der Waals surface area contributed by atoms with Gasteiger partial charge in [0, 0.05) is 12.5 Å². The third kappa shape index (κ3) is 3.58. The van der Waals surface area contributed by atoms with Crippen LogP contribution in [0.25, 0.3) is 0 Å². The molecular weight excluding hydrogens is 214 g/mol. The molecule has 0 heterocycles. The second kappa shape index (κ2) is 6.02. The van der Waals surface area contributed by atoms with Gasteiger partial charge in [-0.25, -0.2) is 0 Å². The minimum absolute atomic E-state index is 0.0515. The van der Waals surface area contributed by atoms with Gasteiger partial charge in [0.05, 0.1) is 17.7 Å². The predicted octanol–water partition coefficient (Wildman–Crippen LogP) is 1.33. The summed E-state index contributed by atoms with van der Waals surface area (Å²) in [6.07, 6.45) is 0. The molecule has 2 atom stereocenters. The van der Waals surface area contributed by atoms with Crippen molar-refractivity contribution < 1.29 is 4.79 Å². The highest BCUT2D eigenvalue weighted by molar-refractivity contribution is 5.78. The van der Waals surface area contributed by atoms with Gasteiger partial charge in [0.1, 0.15) is 0 Å². The number of benzene rings is 1. The van der Waals surface area contributed by atoms with E-state index in [-0.39, 0.29) is 17.9 Å². The van der Waals surface area contributed by atoms with Gasteiger partial charge in [-0.3, -0.25) is 4.79 Å². The molecule has 0 aliphatic carbocycles. The molecule has 0 bridgehead atoms. The number of hydrogen-bond donors (Lipinski definition) is 2. The number of hydrogen-bond acceptors (Lipinski definition) is 3. The van der Waals surface area contributed by atoms with Crippen LogP contribution in [-0.4, -0.2) is 12.5 Å². The summed E-state index contributed by atoms with van der Waals surface area (Å²) in [6, 6.07) is 9.15. The lowest BCUT2D eigenvalue weighted by atomic mass is 10.1. The number of nitriles is 1. The molecule has 0 fully saturated rings. The summed E-state index contributed by atoms with van der Waals surface area (Å²) in [5.41, 5.74) is 7.02. The third-order valence-electron chi connectivity index (χ3n) is 2.70. The van der Waals surface area contributed by atoms with Gasteiger partial charge in [0.25, 0.3) is 0 Å². The fraction of sp³-hybridized carbons (Fsp3) is 0.385. The minimum atomic E-state index is -0.184. The number of amides is 1. The second-order valence-electron chi connectivity index (χ2n) is 4.10. The highest BCUT2D eigenvalue weighted by atomic mass is 16.1. The van der Waals surface area contributed by atoms with Gasteiger partial charge < -0.3 is 11.1 Å². The van der Waals surface area contributed by atoms with Gasteiger partial charge in [-0.15, -0.1) is 0 Å². The molecule has 1 aromatic rings. The molecule has 90 valence electrons. The molecule has 0 saturated heterocycles. The van der Waals surface area contributed by atoms with E-state index < -0.39 is 0 Å². The van der Waals surface area contributed by atoms with Crippen molar-refractivity contribution in [1.29, 1.82) is 5.26 Å². The molecule has 2 unspecified atom stereocenters. The Labute approximate surface area is 101 Å². The van der Waals surface area contributed by atoms with E-state index in [4.69, 9.17) is 11.0 Å². The molecule has 0 radical (unpaired) electrons. The van der Waals surface area contributed by atoms with Crippen LogP contribution < -0.4 is 11.1 Å². The maximum Gasteiger partial charge on any atom is 0.224 e. The molecule has 0 spiro atoms. The molecule has 0 saturated carbocycles. The van der Waals surface area contributed by atoms with Gasteiger partial charge in [0.15, 0.2) is 0 Å².